The number of carbonyl (C=O) groups excluding carboxylic acids is 2. The lowest BCUT2D eigenvalue weighted by molar-refractivity contribution is -0.122. The molecule has 154 valence electrons. The van der Waals surface area contributed by atoms with Crippen LogP contribution in [0.3, 0.4) is 0 Å². The Morgan fingerprint density at radius 3 is 1.97 bits per heavy atom. The molecule has 3 aromatic carbocycles. The molecule has 1 unspecified atom stereocenters. The number of anilines is 1. The van der Waals surface area contributed by atoms with Crippen molar-refractivity contribution in [3.8, 4) is 11.5 Å². The van der Waals surface area contributed by atoms with Crippen molar-refractivity contribution in [3.05, 3.63) is 89.7 Å². The van der Waals surface area contributed by atoms with E-state index in [1.165, 1.54) is 24.3 Å². The number of nitrogens with one attached hydrogen (secondary N) is 1. The van der Waals surface area contributed by atoms with Gasteiger partial charge in [-0.15, -0.1) is 0 Å². The highest BCUT2D eigenvalue weighted by molar-refractivity contribution is 6.09. The number of halogens is 1. The Balaban J connectivity index is 1.58. The summed E-state index contributed by atoms with van der Waals surface area (Å²) < 4.78 is 24.1. The van der Waals surface area contributed by atoms with Crippen molar-refractivity contribution in [1.29, 1.82) is 0 Å². The Hall–Kier alpha value is -3.67. The average Bonchev–Trinajstić information content (AvgIpc) is 2.76. The van der Waals surface area contributed by atoms with Crippen LogP contribution in [0.2, 0.25) is 0 Å². The van der Waals surface area contributed by atoms with Crippen LogP contribution in [0.25, 0.3) is 0 Å². The molecule has 0 aliphatic carbocycles. The van der Waals surface area contributed by atoms with Gasteiger partial charge >= 0.3 is 0 Å². The van der Waals surface area contributed by atoms with E-state index in [0.29, 0.717) is 29.2 Å². The number of hydrogen-bond donors (Lipinski definition) is 1. The first kappa shape index (κ1) is 21.0. The lowest BCUT2D eigenvalue weighted by atomic mass is 10.0. The SMILES string of the molecule is CCOc1ccc(NC(=O)C(C)Oc2ccc(C(=O)c3ccc(F)cc3)cc2)cc1. The molecule has 0 aromatic heterocycles. The van der Waals surface area contributed by atoms with Crippen LogP contribution in [0.5, 0.6) is 11.5 Å². The summed E-state index contributed by atoms with van der Waals surface area (Å²) in [7, 11) is 0. The number of benzene rings is 3. The van der Waals surface area contributed by atoms with Crippen LogP contribution in [0, 0.1) is 5.82 Å². The summed E-state index contributed by atoms with van der Waals surface area (Å²) in [5.74, 6) is 0.274. The average molecular weight is 407 g/mol. The van der Waals surface area contributed by atoms with E-state index in [2.05, 4.69) is 5.32 Å². The van der Waals surface area contributed by atoms with Gasteiger partial charge in [0.2, 0.25) is 0 Å². The van der Waals surface area contributed by atoms with Gasteiger partial charge in [0.15, 0.2) is 11.9 Å². The van der Waals surface area contributed by atoms with Gasteiger partial charge in [-0.1, -0.05) is 0 Å². The first-order chi connectivity index (χ1) is 14.5. The molecule has 3 aromatic rings. The number of hydrogen-bond acceptors (Lipinski definition) is 4. The Kier molecular flexibility index (Phi) is 6.80. The fourth-order valence-corrected chi connectivity index (χ4v) is 2.76. The number of rotatable bonds is 8. The molecule has 5 nitrogen and oxygen atoms in total. The largest absolute Gasteiger partial charge is 0.494 e. The molecule has 0 heterocycles. The third-order valence-corrected chi connectivity index (χ3v) is 4.34. The third-order valence-electron chi connectivity index (χ3n) is 4.34. The Bertz CT molecular complexity index is 999. The minimum absolute atomic E-state index is 0.220. The van der Waals surface area contributed by atoms with Gasteiger partial charge in [0.05, 0.1) is 6.61 Å². The van der Waals surface area contributed by atoms with Crippen molar-refractivity contribution in [2.75, 3.05) is 11.9 Å². The highest BCUT2D eigenvalue weighted by Crippen LogP contribution is 2.19. The lowest BCUT2D eigenvalue weighted by Gasteiger charge is -2.15. The summed E-state index contributed by atoms with van der Waals surface area (Å²) in [5, 5.41) is 2.78. The molecule has 30 heavy (non-hydrogen) atoms. The van der Waals surface area contributed by atoms with E-state index in [1.54, 1.807) is 55.5 Å². The van der Waals surface area contributed by atoms with Crippen molar-refractivity contribution in [3.63, 3.8) is 0 Å². The van der Waals surface area contributed by atoms with Gasteiger partial charge < -0.3 is 14.8 Å². The van der Waals surface area contributed by atoms with Gasteiger partial charge in [0.25, 0.3) is 5.91 Å². The summed E-state index contributed by atoms with van der Waals surface area (Å²) in [6.45, 7) is 4.12. The second-order valence-corrected chi connectivity index (χ2v) is 6.57. The second-order valence-electron chi connectivity index (χ2n) is 6.57. The first-order valence-corrected chi connectivity index (χ1v) is 9.57. The third kappa shape index (κ3) is 5.44. The summed E-state index contributed by atoms with van der Waals surface area (Å²) in [5.41, 5.74) is 1.48. The number of ketones is 1. The number of carbonyl (C=O) groups is 2. The van der Waals surface area contributed by atoms with Gasteiger partial charge in [-0.3, -0.25) is 9.59 Å². The van der Waals surface area contributed by atoms with E-state index in [0.717, 1.165) is 5.75 Å². The van der Waals surface area contributed by atoms with Crippen LogP contribution in [0.1, 0.15) is 29.8 Å². The zero-order chi connectivity index (χ0) is 21.5. The van der Waals surface area contributed by atoms with Crippen LogP contribution < -0.4 is 14.8 Å². The summed E-state index contributed by atoms with van der Waals surface area (Å²) >= 11 is 0. The Labute approximate surface area is 174 Å². The van der Waals surface area contributed by atoms with Crippen molar-refractivity contribution < 1.29 is 23.5 Å². The predicted octanol–water partition coefficient (Wildman–Crippen LogP) is 4.86. The van der Waals surface area contributed by atoms with E-state index in [-0.39, 0.29) is 11.7 Å². The normalized spacial score (nSPS) is 11.4. The van der Waals surface area contributed by atoms with E-state index >= 15 is 0 Å². The molecule has 1 atom stereocenters. The first-order valence-electron chi connectivity index (χ1n) is 9.57. The van der Waals surface area contributed by atoms with E-state index < -0.39 is 11.9 Å². The molecule has 0 saturated carbocycles. The highest BCUT2D eigenvalue weighted by Gasteiger charge is 2.16. The minimum Gasteiger partial charge on any atom is -0.494 e. The van der Waals surface area contributed by atoms with Crippen LogP contribution in [0.15, 0.2) is 72.8 Å². The smallest absolute Gasteiger partial charge is 0.265 e. The fraction of sp³-hybridized carbons (Fsp3) is 0.167. The molecule has 0 aliphatic heterocycles. The zero-order valence-corrected chi connectivity index (χ0v) is 16.7. The molecule has 0 fully saturated rings. The van der Waals surface area contributed by atoms with Crippen molar-refractivity contribution in [2.45, 2.75) is 20.0 Å². The minimum atomic E-state index is -0.741. The lowest BCUT2D eigenvalue weighted by Crippen LogP contribution is -2.30. The monoisotopic (exact) mass is 407 g/mol. The quantitative estimate of drug-likeness (QED) is 0.542. The molecule has 1 amide bonds. The standard InChI is InChI=1S/C24H22FNO4/c1-3-29-21-14-10-20(11-15-21)26-24(28)16(2)30-22-12-6-18(7-13-22)23(27)17-4-8-19(25)9-5-17/h4-16H,3H2,1-2H3,(H,26,28). The maximum atomic E-state index is 13.0. The van der Waals surface area contributed by atoms with Crippen LogP contribution in [-0.2, 0) is 4.79 Å². The molecule has 0 saturated heterocycles. The molecule has 0 spiro atoms. The highest BCUT2D eigenvalue weighted by atomic mass is 19.1. The van der Waals surface area contributed by atoms with Crippen LogP contribution >= 0.6 is 0 Å². The Morgan fingerprint density at radius 1 is 0.867 bits per heavy atom. The second kappa shape index (κ2) is 9.69. The summed E-state index contributed by atoms with van der Waals surface area (Å²) in [6.07, 6.45) is -0.741. The maximum absolute atomic E-state index is 13.0. The van der Waals surface area contributed by atoms with Crippen molar-refractivity contribution in [2.24, 2.45) is 0 Å². The summed E-state index contributed by atoms with van der Waals surface area (Å²) in [4.78, 5) is 24.8. The fourth-order valence-electron chi connectivity index (χ4n) is 2.76. The number of ether oxygens (including phenoxy) is 2. The topological polar surface area (TPSA) is 64.6 Å². The van der Waals surface area contributed by atoms with Crippen molar-refractivity contribution in [1.82, 2.24) is 0 Å². The molecule has 6 heteroatoms. The molecule has 0 bridgehead atoms. The van der Waals surface area contributed by atoms with Gasteiger partial charge in [0, 0.05) is 16.8 Å². The zero-order valence-electron chi connectivity index (χ0n) is 16.7. The van der Waals surface area contributed by atoms with Crippen LogP contribution in [0.4, 0.5) is 10.1 Å². The molecular formula is C24H22FNO4. The molecule has 1 N–H and O–H groups in total. The van der Waals surface area contributed by atoms with E-state index in [4.69, 9.17) is 9.47 Å². The van der Waals surface area contributed by atoms with Gasteiger partial charge in [-0.05, 0) is 86.6 Å². The predicted molar refractivity (Wildman–Crippen MR) is 113 cm³/mol. The summed E-state index contributed by atoms with van der Waals surface area (Å²) in [6, 6.07) is 18.9. The van der Waals surface area contributed by atoms with E-state index in [1.807, 2.05) is 6.92 Å². The van der Waals surface area contributed by atoms with Gasteiger partial charge in [0.1, 0.15) is 17.3 Å². The van der Waals surface area contributed by atoms with Crippen molar-refractivity contribution >= 4 is 17.4 Å². The maximum Gasteiger partial charge on any atom is 0.265 e. The Morgan fingerprint density at radius 2 is 1.40 bits per heavy atom. The van der Waals surface area contributed by atoms with Gasteiger partial charge in [-0.2, -0.15) is 0 Å². The molecule has 0 radical (unpaired) electrons. The van der Waals surface area contributed by atoms with Crippen LogP contribution in [-0.4, -0.2) is 24.4 Å². The molecule has 3 rings (SSSR count). The van der Waals surface area contributed by atoms with E-state index in [9.17, 15) is 14.0 Å². The molecule has 0 aliphatic rings. The molecular weight excluding hydrogens is 385 g/mol. The number of amides is 1. The van der Waals surface area contributed by atoms with Gasteiger partial charge in [-0.25, -0.2) is 4.39 Å².